The van der Waals surface area contributed by atoms with Crippen LogP contribution in [0.15, 0.2) is 0 Å². The lowest BCUT2D eigenvalue weighted by atomic mass is 9.99. The molecule has 1 heterocycles. The van der Waals surface area contributed by atoms with Gasteiger partial charge in [-0.25, -0.2) is 14.0 Å². The molecule has 0 aromatic rings. The molecule has 18 heavy (non-hydrogen) atoms. The van der Waals surface area contributed by atoms with Crippen LogP contribution >= 0.6 is 0 Å². The molecule has 1 aliphatic heterocycles. The molecule has 102 valence electrons. The number of hydrogen-bond acceptors (Lipinski definition) is 3. The minimum Gasteiger partial charge on any atom is -0.480 e. The summed E-state index contributed by atoms with van der Waals surface area (Å²) in [6.45, 7) is 5.00. The van der Waals surface area contributed by atoms with E-state index in [4.69, 9.17) is 9.84 Å². The van der Waals surface area contributed by atoms with Crippen LogP contribution in [0.2, 0.25) is 0 Å². The highest BCUT2D eigenvalue weighted by Crippen LogP contribution is 2.51. The first-order valence-corrected chi connectivity index (χ1v) is 6.08. The first-order valence-electron chi connectivity index (χ1n) is 6.08. The molecule has 0 aromatic heterocycles. The van der Waals surface area contributed by atoms with Gasteiger partial charge in [-0.1, -0.05) is 0 Å². The number of carboxylic acid groups (broad SMARTS) is 1. The topological polar surface area (TPSA) is 66.8 Å². The number of carboxylic acids is 1. The van der Waals surface area contributed by atoms with E-state index in [1.165, 1.54) is 0 Å². The minimum atomic E-state index is -1.85. The second-order valence-electron chi connectivity index (χ2n) is 6.05. The fraction of sp³-hybridized carbons (Fsp3) is 0.833. The van der Waals surface area contributed by atoms with Gasteiger partial charge in [-0.2, -0.15) is 0 Å². The monoisotopic (exact) mass is 259 g/mol. The van der Waals surface area contributed by atoms with Gasteiger partial charge in [-0.05, 0) is 33.1 Å². The van der Waals surface area contributed by atoms with Crippen LogP contribution in [0.4, 0.5) is 9.18 Å². The van der Waals surface area contributed by atoms with Gasteiger partial charge in [-0.3, -0.25) is 4.90 Å². The third kappa shape index (κ3) is 2.04. The Balaban J connectivity index is 2.24. The van der Waals surface area contributed by atoms with Crippen molar-refractivity contribution in [2.45, 2.75) is 57.5 Å². The van der Waals surface area contributed by atoms with Crippen molar-refractivity contribution in [1.82, 2.24) is 4.90 Å². The Morgan fingerprint density at radius 1 is 1.44 bits per heavy atom. The summed E-state index contributed by atoms with van der Waals surface area (Å²) in [5.41, 5.74) is -0.766. The van der Waals surface area contributed by atoms with E-state index in [0.29, 0.717) is 6.42 Å². The largest absolute Gasteiger partial charge is 0.480 e. The van der Waals surface area contributed by atoms with E-state index in [0.717, 1.165) is 4.90 Å². The quantitative estimate of drug-likeness (QED) is 0.733. The molecule has 2 bridgehead atoms. The number of halogens is 1. The molecule has 2 aliphatic rings. The number of ether oxygens (including phenoxy) is 1. The number of carbonyl (C=O) groups is 2. The number of fused-ring (bicyclic) bond motifs is 2. The van der Waals surface area contributed by atoms with Crippen LogP contribution in [0.1, 0.15) is 40.0 Å². The highest BCUT2D eigenvalue weighted by Gasteiger charge is 2.62. The Hall–Kier alpha value is -1.33. The van der Waals surface area contributed by atoms with Crippen molar-refractivity contribution >= 4 is 12.1 Å². The zero-order valence-corrected chi connectivity index (χ0v) is 10.8. The van der Waals surface area contributed by atoms with Gasteiger partial charge < -0.3 is 9.84 Å². The predicted molar refractivity (Wildman–Crippen MR) is 60.7 cm³/mol. The molecule has 1 aliphatic carbocycles. The fourth-order valence-electron chi connectivity index (χ4n) is 2.86. The molecule has 0 spiro atoms. The molecule has 1 saturated carbocycles. The van der Waals surface area contributed by atoms with Gasteiger partial charge in [-0.15, -0.1) is 0 Å². The Morgan fingerprint density at radius 2 is 2.06 bits per heavy atom. The van der Waals surface area contributed by atoms with Crippen LogP contribution in [0.25, 0.3) is 0 Å². The normalized spacial score (nSPS) is 34.8. The molecule has 2 rings (SSSR count). The lowest BCUT2D eigenvalue weighted by Gasteiger charge is -2.37. The highest BCUT2D eigenvalue weighted by atomic mass is 19.1. The van der Waals surface area contributed by atoms with E-state index in [-0.39, 0.29) is 18.8 Å². The summed E-state index contributed by atoms with van der Waals surface area (Å²) in [4.78, 5) is 24.0. The average molecular weight is 259 g/mol. The Kier molecular flexibility index (Phi) is 2.79. The number of carbonyl (C=O) groups excluding carboxylic acids is 1. The molecule has 2 fully saturated rings. The first kappa shape index (κ1) is 13.1. The Morgan fingerprint density at radius 3 is 2.56 bits per heavy atom. The van der Waals surface area contributed by atoms with Gasteiger partial charge in [0.1, 0.15) is 11.6 Å². The molecule has 1 amide bonds. The fourth-order valence-corrected chi connectivity index (χ4v) is 2.86. The van der Waals surface area contributed by atoms with Gasteiger partial charge in [0.15, 0.2) is 5.79 Å². The van der Waals surface area contributed by atoms with Gasteiger partial charge in [0, 0.05) is 12.8 Å². The summed E-state index contributed by atoms with van der Waals surface area (Å²) in [5.74, 6) is -3.32. The Bertz CT molecular complexity index is 392. The molecule has 0 aromatic carbocycles. The summed E-state index contributed by atoms with van der Waals surface area (Å²) < 4.78 is 19.6. The number of likely N-dealkylation sites (tertiary alicyclic amines) is 1. The van der Waals surface area contributed by atoms with Crippen molar-refractivity contribution in [2.75, 3.05) is 0 Å². The molecule has 6 heteroatoms. The van der Waals surface area contributed by atoms with E-state index in [1.54, 1.807) is 20.8 Å². The third-order valence-corrected chi connectivity index (χ3v) is 3.47. The lowest BCUT2D eigenvalue weighted by Crippen LogP contribution is -2.54. The van der Waals surface area contributed by atoms with E-state index in [1.807, 2.05) is 0 Å². The summed E-state index contributed by atoms with van der Waals surface area (Å²) in [5, 5.41) is 9.15. The second-order valence-corrected chi connectivity index (χ2v) is 6.05. The maximum absolute atomic E-state index is 14.5. The molecule has 3 atom stereocenters. The summed E-state index contributed by atoms with van der Waals surface area (Å²) in [6, 6.07) is -1.10. The zero-order chi connectivity index (χ0) is 13.7. The number of amides is 1. The summed E-state index contributed by atoms with van der Waals surface area (Å²) in [7, 11) is 0. The number of alkyl halides is 1. The highest BCUT2D eigenvalue weighted by molar-refractivity contribution is 5.82. The van der Waals surface area contributed by atoms with Crippen molar-refractivity contribution in [3.05, 3.63) is 0 Å². The van der Waals surface area contributed by atoms with Crippen molar-refractivity contribution in [2.24, 2.45) is 5.92 Å². The summed E-state index contributed by atoms with van der Waals surface area (Å²) in [6.07, 6.45) is -0.0731. The van der Waals surface area contributed by atoms with E-state index in [9.17, 15) is 14.0 Å². The van der Waals surface area contributed by atoms with Gasteiger partial charge in [0.05, 0.1) is 0 Å². The molecule has 0 radical (unpaired) electrons. The van der Waals surface area contributed by atoms with E-state index in [2.05, 4.69) is 0 Å². The zero-order valence-electron chi connectivity index (χ0n) is 10.8. The number of piperidine rings is 1. The first-order chi connectivity index (χ1) is 8.14. The molecular formula is C12H18FNO4. The Labute approximate surface area is 105 Å². The molecule has 5 nitrogen and oxygen atoms in total. The van der Waals surface area contributed by atoms with Crippen molar-refractivity contribution < 1.29 is 23.8 Å². The molecule has 1 saturated heterocycles. The summed E-state index contributed by atoms with van der Waals surface area (Å²) >= 11 is 0. The van der Waals surface area contributed by atoms with E-state index >= 15 is 0 Å². The number of hydrogen-bond donors (Lipinski definition) is 1. The van der Waals surface area contributed by atoms with Gasteiger partial charge in [0.25, 0.3) is 0 Å². The maximum atomic E-state index is 14.5. The average Bonchev–Trinajstić information content (AvgIpc) is 2.66. The van der Waals surface area contributed by atoms with E-state index < -0.39 is 29.5 Å². The molecular weight excluding hydrogens is 241 g/mol. The number of rotatable bonds is 1. The van der Waals surface area contributed by atoms with Crippen LogP contribution in [0, 0.1) is 5.92 Å². The molecule has 3 unspecified atom stereocenters. The molecule has 1 N–H and O–H groups in total. The van der Waals surface area contributed by atoms with Crippen molar-refractivity contribution in [1.29, 1.82) is 0 Å². The van der Waals surface area contributed by atoms with Crippen LogP contribution < -0.4 is 0 Å². The van der Waals surface area contributed by atoms with Crippen LogP contribution in [-0.2, 0) is 9.53 Å². The minimum absolute atomic E-state index is 0.100. The van der Waals surface area contributed by atoms with Crippen molar-refractivity contribution in [3.63, 3.8) is 0 Å². The van der Waals surface area contributed by atoms with Crippen molar-refractivity contribution in [3.8, 4) is 0 Å². The number of nitrogens with zero attached hydrogens (tertiary/aromatic N) is 1. The second kappa shape index (κ2) is 3.83. The maximum Gasteiger partial charge on any atom is 0.413 e. The van der Waals surface area contributed by atoms with Crippen LogP contribution in [0.5, 0.6) is 0 Å². The third-order valence-electron chi connectivity index (χ3n) is 3.47. The van der Waals surface area contributed by atoms with Gasteiger partial charge in [0.2, 0.25) is 0 Å². The van der Waals surface area contributed by atoms with Crippen LogP contribution in [0.3, 0.4) is 0 Å². The van der Waals surface area contributed by atoms with Crippen LogP contribution in [-0.4, -0.2) is 39.5 Å². The SMILES string of the molecule is CC(C)(C)OC(=O)N1C(C(=O)O)C2CCC1(F)C2. The lowest BCUT2D eigenvalue weighted by molar-refractivity contribution is -0.149. The van der Waals surface area contributed by atoms with Gasteiger partial charge >= 0.3 is 12.1 Å². The standard InChI is InChI=1S/C12H18FNO4/c1-11(2,3)18-10(17)14-8(9(15)16)7-4-5-12(14,13)6-7/h7-8H,4-6H2,1-3H3,(H,15,16). The smallest absolute Gasteiger partial charge is 0.413 e. The predicted octanol–water partition coefficient (Wildman–Crippen LogP) is 2.16. The number of aliphatic carboxylic acids is 1.